The molecule has 0 radical (unpaired) electrons. The molecule has 0 bridgehead atoms. The molecule has 2 heterocycles. The van der Waals surface area contributed by atoms with Crippen LogP contribution < -0.4 is 4.90 Å². The second-order valence-electron chi connectivity index (χ2n) is 5.96. The molecule has 1 unspecified atom stereocenters. The molecule has 0 aliphatic carbocycles. The number of carbonyl (C=O) groups excluding carboxylic acids is 1. The lowest BCUT2D eigenvalue weighted by Crippen LogP contribution is -2.42. The van der Waals surface area contributed by atoms with Gasteiger partial charge in [-0.05, 0) is 43.2 Å². The van der Waals surface area contributed by atoms with Crippen LogP contribution in [0.15, 0.2) is 64.2 Å². The van der Waals surface area contributed by atoms with Gasteiger partial charge in [-0.25, -0.2) is 0 Å². The first kappa shape index (κ1) is 17.1. The maximum absolute atomic E-state index is 12.8. The van der Waals surface area contributed by atoms with E-state index in [9.17, 15) is 4.79 Å². The van der Waals surface area contributed by atoms with Crippen molar-refractivity contribution in [3.05, 3.63) is 59.6 Å². The molecule has 1 atom stereocenters. The Hall–Kier alpha value is -2.31. The summed E-state index contributed by atoms with van der Waals surface area (Å²) in [5.41, 5.74) is 1.69. The van der Waals surface area contributed by atoms with Crippen molar-refractivity contribution >= 4 is 35.0 Å². The van der Waals surface area contributed by atoms with Gasteiger partial charge in [0.15, 0.2) is 0 Å². The molecule has 26 heavy (non-hydrogen) atoms. The lowest BCUT2D eigenvalue weighted by Gasteiger charge is -2.31. The number of benzene rings is 2. The maximum Gasteiger partial charge on any atom is 0.277 e. The number of aromatic nitrogens is 2. The summed E-state index contributed by atoms with van der Waals surface area (Å²) in [7, 11) is 0. The minimum atomic E-state index is -0.225. The Morgan fingerprint density at radius 3 is 2.77 bits per heavy atom. The number of piperidine rings is 1. The predicted molar refractivity (Wildman–Crippen MR) is 102 cm³/mol. The van der Waals surface area contributed by atoms with Gasteiger partial charge in [0.25, 0.3) is 5.22 Å². The summed E-state index contributed by atoms with van der Waals surface area (Å²) >= 11 is 7.33. The van der Waals surface area contributed by atoms with Crippen LogP contribution in [0.2, 0.25) is 5.02 Å². The number of hydrogen-bond acceptors (Lipinski definition) is 5. The summed E-state index contributed by atoms with van der Waals surface area (Å²) in [5.74, 6) is 0.480. The number of hydrogen-bond donors (Lipinski definition) is 0. The van der Waals surface area contributed by atoms with E-state index in [-0.39, 0.29) is 11.2 Å². The number of rotatable bonds is 4. The quantitative estimate of drug-likeness (QED) is 0.652. The zero-order chi connectivity index (χ0) is 17.9. The molecule has 5 nitrogen and oxygen atoms in total. The summed E-state index contributed by atoms with van der Waals surface area (Å²) in [6, 6.07) is 17.0. The van der Waals surface area contributed by atoms with Crippen LogP contribution in [0.1, 0.15) is 12.8 Å². The van der Waals surface area contributed by atoms with Crippen LogP contribution in [0.4, 0.5) is 5.69 Å². The van der Waals surface area contributed by atoms with Gasteiger partial charge in [-0.15, -0.1) is 10.2 Å². The van der Waals surface area contributed by atoms with Gasteiger partial charge in [0, 0.05) is 22.8 Å². The lowest BCUT2D eigenvalue weighted by molar-refractivity contribution is -0.119. The first-order chi connectivity index (χ1) is 12.7. The summed E-state index contributed by atoms with van der Waals surface area (Å²) in [5, 5.41) is 8.93. The standard InChI is InChI=1S/C19H16ClN3O2S/c20-14-7-4-6-13(12-14)17-21-22-19(25-17)26-16-10-5-11-23(18(16)24)15-8-2-1-3-9-15/h1-4,6-9,12,16H,5,10-11H2. The molecule has 3 aromatic rings. The van der Waals surface area contributed by atoms with Crippen molar-refractivity contribution in [3.8, 4) is 11.5 Å². The van der Waals surface area contributed by atoms with Crippen molar-refractivity contribution < 1.29 is 9.21 Å². The highest BCUT2D eigenvalue weighted by atomic mass is 35.5. The molecule has 1 saturated heterocycles. The van der Waals surface area contributed by atoms with E-state index >= 15 is 0 Å². The molecule has 1 aromatic heterocycles. The molecule has 1 fully saturated rings. The van der Waals surface area contributed by atoms with Gasteiger partial charge in [0.2, 0.25) is 11.8 Å². The van der Waals surface area contributed by atoms with E-state index in [1.165, 1.54) is 11.8 Å². The zero-order valence-electron chi connectivity index (χ0n) is 13.8. The van der Waals surface area contributed by atoms with Crippen molar-refractivity contribution in [1.29, 1.82) is 0 Å². The fourth-order valence-electron chi connectivity index (χ4n) is 2.93. The molecule has 0 spiro atoms. The smallest absolute Gasteiger partial charge is 0.277 e. The Morgan fingerprint density at radius 1 is 1.12 bits per heavy atom. The van der Waals surface area contributed by atoms with Crippen molar-refractivity contribution in [2.45, 2.75) is 23.3 Å². The summed E-state index contributed by atoms with van der Waals surface area (Å²) in [4.78, 5) is 14.7. The molecular weight excluding hydrogens is 370 g/mol. The van der Waals surface area contributed by atoms with Crippen LogP contribution in [0.25, 0.3) is 11.5 Å². The molecule has 0 N–H and O–H groups in total. The summed E-state index contributed by atoms with van der Waals surface area (Å²) in [6.07, 6.45) is 1.73. The highest BCUT2D eigenvalue weighted by Gasteiger charge is 2.32. The second-order valence-corrected chi connectivity index (χ2v) is 7.55. The van der Waals surface area contributed by atoms with Gasteiger partial charge in [0.1, 0.15) is 0 Å². The number of amides is 1. The van der Waals surface area contributed by atoms with Crippen molar-refractivity contribution in [2.75, 3.05) is 11.4 Å². The Balaban J connectivity index is 1.50. The average Bonchev–Trinajstić information content (AvgIpc) is 3.13. The first-order valence-electron chi connectivity index (χ1n) is 8.33. The lowest BCUT2D eigenvalue weighted by atomic mass is 10.1. The topological polar surface area (TPSA) is 59.2 Å². The van der Waals surface area contributed by atoms with Crippen molar-refractivity contribution in [2.24, 2.45) is 0 Å². The van der Waals surface area contributed by atoms with Gasteiger partial charge < -0.3 is 9.32 Å². The normalized spacial score (nSPS) is 17.5. The van der Waals surface area contributed by atoms with E-state index in [1.54, 1.807) is 12.1 Å². The Bertz CT molecular complexity index is 916. The van der Waals surface area contributed by atoms with Gasteiger partial charge >= 0.3 is 0 Å². The SMILES string of the molecule is O=C1C(Sc2nnc(-c3cccc(Cl)c3)o2)CCCN1c1ccccc1. The maximum atomic E-state index is 12.8. The highest BCUT2D eigenvalue weighted by molar-refractivity contribution is 8.00. The molecule has 4 rings (SSSR count). The fourth-order valence-corrected chi connectivity index (χ4v) is 4.09. The monoisotopic (exact) mass is 385 g/mol. The first-order valence-corrected chi connectivity index (χ1v) is 9.59. The third-order valence-corrected chi connectivity index (χ3v) is 5.50. The van der Waals surface area contributed by atoms with Gasteiger partial charge in [-0.3, -0.25) is 4.79 Å². The van der Waals surface area contributed by atoms with Crippen LogP contribution in [0.3, 0.4) is 0 Å². The third-order valence-electron chi connectivity index (χ3n) is 4.18. The molecule has 7 heteroatoms. The fraction of sp³-hybridized carbons (Fsp3) is 0.211. The number of anilines is 1. The number of thioether (sulfide) groups is 1. The number of halogens is 1. The average molecular weight is 386 g/mol. The predicted octanol–water partition coefficient (Wildman–Crippen LogP) is 4.68. The van der Waals surface area contributed by atoms with Crippen LogP contribution in [0, 0.1) is 0 Å². The number of nitrogens with zero attached hydrogens (tertiary/aromatic N) is 3. The Labute approximate surface area is 160 Å². The molecule has 132 valence electrons. The third kappa shape index (κ3) is 3.61. The summed E-state index contributed by atoms with van der Waals surface area (Å²) < 4.78 is 5.73. The minimum absolute atomic E-state index is 0.0787. The number of para-hydroxylation sites is 1. The Kier molecular flexibility index (Phi) is 4.95. The van der Waals surface area contributed by atoms with E-state index in [4.69, 9.17) is 16.0 Å². The van der Waals surface area contributed by atoms with Crippen molar-refractivity contribution in [3.63, 3.8) is 0 Å². The number of carbonyl (C=O) groups is 1. The van der Waals surface area contributed by atoms with E-state index in [2.05, 4.69) is 10.2 Å². The molecule has 1 aliphatic rings. The van der Waals surface area contributed by atoms with Crippen LogP contribution in [0.5, 0.6) is 0 Å². The molecule has 2 aromatic carbocycles. The minimum Gasteiger partial charge on any atom is -0.411 e. The van der Waals surface area contributed by atoms with E-state index in [1.807, 2.05) is 47.4 Å². The van der Waals surface area contributed by atoms with Gasteiger partial charge in [-0.2, -0.15) is 0 Å². The molecule has 1 aliphatic heterocycles. The second kappa shape index (κ2) is 7.51. The highest BCUT2D eigenvalue weighted by Crippen LogP contribution is 2.33. The van der Waals surface area contributed by atoms with Crippen LogP contribution in [-0.4, -0.2) is 27.9 Å². The molecular formula is C19H16ClN3O2S. The van der Waals surface area contributed by atoms with Gasteiger partial charge in [-0.1, -0.05) is 47.6 Å². The molecule has 0 saturated carbocycles. The largest absolute Gasteiger partial charge is 0.411 e. The van der Waals surface area contributed by atoms with Crippen LogP contribution >= 0.6 is 23.4 Å². The zero-order valence-corrected chi connectivity index (χ0v) is 15.4. The molecule has 1 amide bonds. The Morgan fingerprint density at radius 2 is 1.96 bits per heavy atom. The van der Waals surface area contributed by atoms with Crippen molar-refractivity contribution in [1.82, 2.24) is 10.2 Å². The van der Waals surface area contributed by atoms with E-state index in [0.717, 1.165) is 30.6 Å². The summed E-state index contributed by atoms with van der Waals surface area (Å²) in [6.45, 7) is 0.734. The van der Waals surface area contributed by atoms with Gasteiger partial charge in [0.05, 0.1) is 5.25 Å². The van der Waals surface area contributed by atoms with E-state index < -0.39 is 0 Å². The van der Waals surface area contributed by atoms with Crippen LogP contribution in [-0.2, 0) is 4.79 Å². The van der Waals surface area contributed by atoms with E-state index in [0.29, 0.717) is 16.1 Å².